The molecule has 4 aromatic rings. The minimum Gasteiger partial charge on any atom is -0.399 e. The molecule has 5 heteroatoms. The number of carbonyl (C=O) groups is 3. The summed E-state index contributed by atoms with van der Waals surface area (Å²) in [5, 5.41) is 0. The van der Waals surface area contributed by atoms with E-state index in [1.807, 2.05) is 0 Å². The summed E-state index contributed by atoms with van der Waals surface area (Å²) >= 11 is 0. The Bertz CT molecular complexity index is 1260. The molecule has 0 amide bonds. The van der Waals surface area contributed by atoms with Crippen LogP contribution in [0.25, 0.3) is 11.1 Å². The Hall–Kier alpha value is -4.51. The molecule has 0 saturated carbocycles. The molecule has 0 unspecified atom stereocenters. The SMILES string of the molecule is Nc1ccc(-c2ccc(N)cc2C(=O)C(C(=O)c2ccccc2)C(=O)c2ccccc2)cc1. The number of Topliss-reactive ketones (excluding diaryl/α,β-unsaturated/α-hetero) is 3. The van der Waals surface area contributed by atoms with Crippen molar-refractivity contribution >= 4 is 28.7 Å². The molecule has 0 saturated heterocycles. The van der Waals surface area contributed by atoms with Gasteiger partial charge in [0.05, 0.1) is 0 Å². The first kappa shape index (κ1) is 21.7. The Kier molecular flexibility index (Phi) is 6.13. The predicted octanol–water partition coefficient (Wildman–Crippen LogP) is 5.08. The van der Waals surface area contributed by atoms with Crippen LogP contribution in [0.15, 0.2) is 103 Å². The van der Waals surface area contributed by atoms with E-state index in [9.17, 15) is 14.4 Å². The van der Waals surface area contributed by atoms with Gasteiger partial charge in [0.2, 0.25) is 0 Å². The van der Waals surface area contributed by atoms with E-state index in [0.29, 0.717) is 16.9 Å². The molecule has 0 heterocycles. The molecule has 0 atom stereocenters. The van der Waals surface area contributed by atoms with Crippen molar-refractivity contribution in [1.29, 1.82) is 0 Å². The van der Waals surface area contributed by atoms with E-state index in [0.717, 1.165) is 5.56 Å². The predicted molar refractivity (Wildman–Crippen MR) is 130 cm³/mol. The molecule has 0 aromatic heterocycles. The summed E-state index contributed by atoms with van der Waals surface area (Å²) in [5.74, 6) is -3.25. The number of nitrogens with two attached hydrogens (primary N) is 2. The quantitative estimate of drug-likeness (QED) is 0.240. The molecule has 33 heavy (non-hydrogen) atoms. The number of benzene rings is 4. The van der Waals surface area contributed by atoms with Gasteiger partial charge in [-0.15, -0.1) is 0 Å². The molecular formula is C28H22N2O3. The molecule has 4 aromatic carbocycles. The first-order valence-electron chi connectivity index (χ1n) is 10.4. The van der Waals surface area contributed by atoms with Gasteiger partial charge in [-0.25, -0.2) is 0 Å². The van der Waals surface area contributed by atoms with Crippen LogP contribution in [-0.4, -0.2) is 17.3 Å². The fraction of sp³-hybridized carbons (Fsp3) is 0.0357. The molecule has 0 radical (unpaired) electrons. The topological polar surface area (TPSA) is 103 Å². The number of carbonyl (C=O) groups excluding carboxylic acids is 3. The van der Waals surface area contributed by atoms with Crippen molar-refractivity contribution in [3.8, 4) is 11.1 Å². The van der Waals surface area contributed by atoms with Crippen molar-refractivity contribution in [2.75, 3.05) is 11.5 Å². The molecule has 0 aliphatic heterocycles. The normalized spacial score (nSPS) is 10.7. The standard InChI is InChI=1S/C28H22N2O3/c29-21-13-11-18(12-14-21)23-16-15-22(30)17-24(23)28(33)25(26(31)19-7-3-1-4-8-19)27(32)20-9-5-2-6-10-20/h1-17,25H,29-30H2. The van der Waals surface area contributed by atoms with E-state index in [1.54, 1.807) is 97.1 Å². The molecule has 162 valence electrons. The Morgan fingerprint density at radius 3 is 1.55 bits per heavy atom. The fourth-order valence-electron chi connectivity index (χ4n) is 3.73. The summed E-state index contributed by atoms with van der Waals surface area (Å²) in [4.78, 5) is 40.8. The highest BCUT2D eigenvalue weighted by atomic mass is 16.2. The summed E-state index contributed by atoms with van der Waals surface area (Å²) < 4.78 is 0. The zero-order valence-corrected chi connectivity index (χ0v) is 17.8. The highest BCUT2D eigenvalue weighted by Gasteiger charge is 2.36. The van der Waals surface area contributed by atoms with Crippen molar-refractivity contribution in [3.63, 3.8) is 0 Å². The molecular weight excluding hydrogens is 412 g/mol. The van der Waals surface area contributed by atoms with E-state index >= 15 is 0 Å². The number of hydrogen-bond donors (Lipinski definition) is 2. The summed E-state index contributed by atoms with van der Waals surface area (Å²) in [6, 6.07) is 28.6. The van der Waals surface area contributed by atoms with Crippen LogP contribution in [0.3, 0.4) is 0 Å². The summed E-state index contributed by atoms with van der Waals surface area (Å²) in [7, 11) is 0. The molecule has 0 spiro atoms. The van der Waals surface area contributed by atoms with Crippen LogP contribution in [0.4, 0.5) is 11.4 Å². The second-order valence-electron chi connectivity index (χ2n) is 7.68. The van der Waals surface area contributed by atoms with Crippen molar-refractivity contribution in [2.45, 2.75) is 0 Å². The van der Waals surface area contributed by atoms with Crippen LogP contribution < -0.4 is 11.5 Å². The van der Waals surface area contributed by atoms with Gasteiger partial charge in [-0.2, -0.15) is 0 Å². The smallest absolute Gasteiger partial charge is 0.182 e. The maximum Gasteiger partial charge on any atom is 0.182 e. The van der Waals surface area contributed by atoms with Gasteiger partial charge >= 0.3 is 0 Å². The van der Waals surface area contributed by atoms with Gasteiger partial charge in [-0.1, -0.05) is 78.9 Å². The zero-order valence-electron chi connectivity index (χ0n) is 17.8. The van der Waals surface area contributed by atoms with Crippen LogP contribution in [0.1, 0.15) is 31.1 Å². The third-order valence-electron chi connectivity index (χ3n) is 5.43. The van der Waals surface area contributed by atoms with E-state index < -0.39 is 23.3 Å². The van der Waals surface area contributed by atoms with E-state index in [4.69, 9.17) is 11.5 Å². The minimum atomic E-state index is -1.54. The highest BCUT2D eigenvalue weighted by Crippen LogP contribution is 2.30. The molecule has 5 nitrogen and oxygen atoms in total. The molecule has 4 N–H and O–H groups in total. The molecule has 0 bridgehead atoms. The Labute approximate surface area is 191 Å². The van der Waals surface area contributed by atoms with Gasteiger partial charge in [0, 0.05) is 28.1 Å². The Morgan fingerprint density at radius 1 is 0.545 bits per heavy atom. The first-order valence-corrected chi connectivity index (χ1v) is 10.4. The van der Waals surface area contributed by atoms with Crippen LogP contribution >= 0.6 is 0 Å². The summed E-state index contributed by atoms with van der Waals surface area (Å²) in [6.07, 6.45) is 0. The van der Waals surface area contributed by atoms with Crippen molar-refractivity contribution in [1.82, 2.24) is 0 Å². The second-order valence-corrected chi connectivity index (χ2v) is 7.68. The van der Waals surface area contributed by atoms with Crippen molar-refractivity contribution < 1.29 is 14.4 Å². The van der Waals surface area contributed by atoms with Crippen LogP contribution in [0.2, 0.25) is 0 Å². The lowest BCUT2D eigenvalue weighted by atomic mass is 9.82. The summed E-state index contributed by atoms with van der Waals surface area (Å²) in [5.41, 5.74) is 14.8. The monoisotopic (exact) mass is 434 g/mol. The number of rotatable bonds is 7. The number of nitrogen functional groups attached to an aromatic ring is 2. The lowest BCUT2D eigenvalue weighted by molar-refractivity contribution is 0.0733. The van der Waals surface area contributed by atoms with Gasteiger partial charge in [-0.3, -0.25) is 14.4 Å². The second kappa shape index (κ2) is 9.32. The van der Waals surface area contributed by atoms with Gasteiger partial charge in [0.25, 0.3) is 0 Å². The van der Waals surface area contributed by atoms with Crippen LogP contribution in [0, 0.1) is 5.92 Å². The molecule has 0 aliphatic rings. The Morgan fingerprint density at radius 2 is 1.03 bits per heavy atom. The minimum absolute atomic E-state index is 0.207. The van der Waals surface area contributed by atoms with Gasteiger partial charge in [0.15, 0.2) is 17.3 Å². The van der Waals surface area contributed by atoms with E-state index in [-0.39, 0.29) is 16.7 Å². The fourth-order valence-corrected chi connectivity index (χ4v) is 3.73. The third-order valence-corrected chi connectivity index (χ3v) is 5.43. The lowest BCUT2D eigenvalue weighted by Gasteiger charge is -2.17. The van der Waals surface area contributed by atoms with Gasteiger partial charge < -0.3 is 11.5 Å². The van der Waals surface area contributed by atoms with Crippen molar-refractivity contribution in [3.05, 3.63) is 120 Å². The van der Waals surface area contributed by atoms with Crippen LogP contribution in [-0.2, 0) is 0 Å². The highest BCUT2D eigenvalue weighted by molar-refractivity contribution is 6.32. The molecule has 0 aliphatic carbocycles. The molecule has 4 rings (SSSR count). The number of hydrogen-bond acceptors (Lipinski definition) is 5. The molecule has 0 fully saturated rings. The van der Waals surface area contributed by atoms with Crippen LogP contribution in [0.5, 0.6) is 0 Å². The maximum absolute atomic E-state index is 13.9. The largest absolute Gasteiger partial charge is 0.399 e. The van der Waals surface area contributed by atoms with E-state index in [2.05, 4.69) is 0 Å². The van der Waals surface area contributed by atoms with Gasteiger partial charge in [-0.05, 0) is 35.4 Å². The lowest BCUT2D eigenvalue weighted by Crippen LogP contribution is -2.32. The van der Waals surface area contributed by atoms with E-state index in [1.165, 1.54) is 6.07 Å². The average molecular weight is 434 g/mol. The maximum atomic E-state index is 13.9. The Balaban J connectivity index is 1.85. The number of anilines is 2. The van der Waals surface area contributed by atoms with Crippen molar-refractivity contribution in [2.24, 2.45) is 5.92 Å². The first-order chi connectivity index (χ1) is 16.0. The number of ketones is 3. The van der Waals surface area contributed by atoms with Gasteiger partial charge in [0.1, 0.15) is 5.92 Å². The third kappa shape index (κ3) is 4.57. The average Bonchev–Trinajstić information content (AvgIpc) is 2.85. The summed E-state index contributed by atoms with van der Waals surface area (Å²) in [6.45, 7) is 0. The zero-order chi connectivity index (χ0) is 23.4.